The lowest BCUT2D eigenvalue weighted by molar-refractivity contribution is -0.142. The first kappa shape index (κ1) is 19.3. The number of unbranched alkanes of at least 4 members (excludes halogenated alkanes) is 1. The highest BCUT2D eigenvalue weighted by molar-refractivity contribution is 5.94. The molecule has 0 saturated heterocycles. The third-order valence-electron chi connectivity index (χ3n) is 3.69. The van der Waals surface area contributed by atoms with Crippen molar-refractivity contribution >= 4 is 11.9 Å². The highest BCUT2D eigenvalue weighted by atomic mass is 16.6. The lowest BCUT2D eigenvalue weighted by atomic mass is 10.2. The predicted molar refractivity (Wildman–Crippen MR) is 94.3 cm³/mol. The SMILES string of the molecule is COC(=O)COc1ccc(C(=O)NCCCCn2ccnc2)cc1OC. The van der Waals surface area contributed by atoms with Crippen molar-refractivity contribution in [1.82, 2.24) is 14.9 Å². The molecule has 2 aromatic rings. The molecule has 1 heterocycles. The van der Waals surface area contributed by atoms with Crippen LogP contribution in [0.3, 0.4) is 0 Å². The van der Waals surface area contributed by atoms with Gasteiger partial charge in [-0.3, -0.25) is 4.79 Å². The third kappa shape index (κ3) is 5.80. The van der Waals surface area contributed by atoms with Crippen LogP contribution in [0.1, 0.15) is 23.2 Å². The number of amides is 1. The topological polar surface area (TPSA) is 91.7 Å². The second-order valence-corrected chi connectivity index (χ2v) is 5.49. The Kier molecular flexibility index (Phi) is 7.48. The Morgan fingerprint density at radius 1 is 1.19 bits per heavy atom. The first-order valence-electron chi connectivity index (χ1n) is 8.25. The van der Waals surface area contributed by atoms with Crippen LogP contribution in [-0.2, 0) is 16.1 Å². The zero-order valence-electron chi connectivity index (χ0n) is 14.9. The number of aromatic nitrogens is 2. The maximum Gasteiger partial charge on any atom is 0.343 e. The van der Waals surface area contributed by atoms with E-state index in [1.807, 2.05) is 10.8 Å². The van der Waals surface area contributed by atoms with E-state index in [0.29, 0.717) is 23.6 Å². The molecule has 0 radical (unpaired) electrons. The van der Waals surface area contributed by atoms with Crippen LogP contribution < -0.4 is 14.8 Å². The van der Waals surface area contributed by atoms with Gasteiger partial charge in [0.2, 0.25) is 0 Å². The van der Waals surface area contributed by atoms with Crippen LogP contribution in [0.15, 0.2) is 36.9 Å². The number of rotatable bonds is 10. The van der Waals surface area contributed by atoms with Crippen molar-refractivity contribution in [3.05, 3.63) is 42.5 Å². The van der Waals surface area contributed by atoms with E-state index in [4.69, 9.17) is 9.47 Å². The highest BCUT2D eigenvalue weighted by Gasteiger charge is 2.12. The molecule has 8 nitrogen and oxygen atoms in total. The van der Waals surface area contributed by atoms with Gasteiger partial charge in [-0.2, -0.15) is 0 Å². The number of ether oxygens (including phenoxy) is 3. The summed E-state index contributed by atoms with van der Waals surface area (Å²) in [5.74, 6) is 0.0615. The molecule has 1 amide bonds. The van der Waals surface area contributed by atoms with Gasteiger partial charge in [-0.1, -0.05) is 0 Å². The van der Waals surface area contributed by atoms with E-state index in [0.717, 1.165) is 19.4 Å². The van der Waals surface area contributed by atoms with Crippen LogP contribution in [0, 0.1) is 0 Å². The van der Waals surface area contributed by atoms with Crippen molar-refractivity contribution < 1.29 is 23.8 Å². The van der Waals surface area contributed by atoms with Gasteiger partial charge in [0, 0.05) is 31.0 Å². The Labute approximate surface area is 152 Å². The lowest BCUT2D eigenvalue weighted by Crippen LogP contribution is -2.24. The van der Waals surface area contributed by atoms with E-state index in [-0.39, 0.29) is 12.5 Å². The molecule has 140 valence electrons. The molecule has 1 aromatic heterocycles. The summed E-state index contributed by atoms with van der Waals surface area (Å²) < 4.78 is 17.1. The van der Waals surface area contributed by atoms with Gasteiger partial charge in [-0.15, -0.1) is 0 Å². The quantitative estimate of drug-likeness (QED) is 0.511. The molecular weight excluding hydrogens is 338 g/mol. The molecule has 1 aromatic carbocycles. The standard InChI is InChI=1S/C18H23N3O5/c1-24-16-11-14(5-6-15(16)26-12-17(22)25-2)18(23)20-7-3-4-9-21-10-8-19-13-21/h5-6,8,10-11,13H,3-4,7,9,12H2,1-2H3,(H,20,23). The molecule has 0 spiro atoms. The zero-order chi connectivity index (χ0) is 18.8. The number of hydrogen-bond acceptors (Lipinski definition) is 6. The van der Waals surface area contributed by atoms with Crippen LogP contribution in [0.25, 0.3) is 0 Å². The summed E-state index contributed by atoms with van der Waals surface area (Å²) in [4.78, 5) is 27.4. The fourth-order valence-electron chi connectivity index (χ4n) is 2.27. The minimum absolute atomic E-state index is 0.189. The van der Waals surface area contributed by atoms with E-state index in [9.17, 15) is 9.59 Å². The number of benzene rings is 1. The molecule has 0 fully saturated rings. The van der Waals surface area contributed by atoms with Crippen molar-refractivity contribution in [2.45, 2.75) is 19.4 Å². The van der Waals surface area contributed by atoms with Crippen LogP contribution in [0.4, 0.5) is 0 Å². The first-order chi connectivity index (χ1) is 12.6. The van der Waals surface area contributed by atoms with Crippen LogP contribution in [0.5, 0.6) is 11.5 Å². The van der Waals surface area contributed by atoms with Crippen LogP contribution in [-0.4, -0.2) is 48.8 Å². The maximum atomic E-state index is 12.2. The summed E-state index contributed by atoms with van der Waals surface area (Å²) >= 11 is 0. The number of carbonyl (C=O) groups excluding carboxylic acids is 2. The van der Waals surface area contributed by atoms with E-state index in [1.54, 1.807) is 30.7 Å². The van der Waals surface area contributed by atoms with Crippen molar-refractivity contribution in [1.29, 1.82) is 0 Å². The Balaban J connectivity index is 1.81. The van der Waals surface area contributed by atoms with Crippen LogP contribution >= 0.6 is 0 Å². The largest absolute Gasteiger partial charge is 0.493 e. The Morgan fingerprint density at radius 3 is 2.73 bits per heavy atom. The minimum Gasteiger partial charge on any atom is -0.493 e. The second-order valence-electron chi connectivity index (χ2n) is 5.49. The summed E-state index contributed by atoms with van der Waals surface area (Å²) in [6.07, 6.45) is 7.23. The molecular formula is C18H23N3O5. The summed E-state index contributed by atoms with van der Waals surface area (Å²) in [6, 6.07) is 4.79. The molecule has 0 saturated carbocycles. The minimum atomic E-state index is -0.496. The Hall–Kier alpha value is -3.03. The molecule has 0 atom stereocenters. The van der Waals surface area contributed by atoms with E-state index in [1.165, 1.54) is 14.2 Å². The molecule has 1 N–H and O–H groups in total. The van der Waals surface area contributed by atoms with Gasteiger partial charge in [0.25, 0.3) is 5.91 Å². The molecule has 26 heavy (non-hydrogen) atoms. The number of nitrogens with one attached hydrogen (secondary N) is 1. The Bertz CT molecular complexity index is 716. The van der Waals surface area contributed by atoms with Gasteiger partial charge in [0.1, 0.15) is 0 Å². The number of carbonyl (C=O) groups is 2. The first-order valence-corrected chi connectivity index (χ1v) is 8.25. The van der Waals surface area contributed by atoms with Gasteiger partial charge >= 0.3 is 5.97 Å². The van der Waals surface area contributed by atoms with Crippen LogP contribution in [0.2, 0.25) is 0 Å². The summed E-state index contributed by atoms with van der Waals surface area (Å²) in [5.41, 5.74) is 0.460. The molecule has 8 heteroatoms. The smallest absolute Gasteiger partial charge is 0.343 e. The van der Waals surface area contributed by atoms with Gasteiger partial charge in [-0.05, 0) is 31.0 Å². The monoisotopic (exact) mass is 361 g/mol. The van der Waals surface area contributed by atoms with Gasteiger partial charge in [0.05, 0.1) is 20.5 Å². The van der Waals surface area contributed by atoms with Crippen molar-refractivity contribution in [2.24, 2.45) is 0 Å². The average molecular weight is 361 g/mol. The number of aryl methyl sites for hydroxylation is 1. The zero-order valence-corrected chi connectivity index (χ0v) is 14.9. The summed E-state index contributed by atoms with van der Waals surface area (Å²) in [7, 11) is 2.75. The highest BCUT2D eigenvalue weighted by Crippen LogP contribution is 2.28. The number of nitrogens with zero attached hydrogens (tertiary/aromatic N) is 2. The average Bonchev–Trinajstić information content (AvgIpc) is 3.18. The molecule has 0 aliphatic rings. The maximum absolute atomic E-state index is 12.2. The van der Waals surface area contributed by atoms with Gasteiger partial charge < -0.3 is 24.1 Å². The fourth-order valence-corrected chi connectivity index (χ4v) is 2.27. The number of methoxy groups -OCH3 is 2. The summed E-state index contributed by atoms with van der Waals surface area (Å²) in [6.45, 7) is 1.22. The van der Waals surface area contributed by atoms with E-state index < -0.39 is 5.97 Å². The molecule has 0 aliphatic carbocycles. The molecule has 0 unspecified atom stereocenters. The molecule has 2 rings (SSSR count). The van der Waals surface area contributed by atoms with Gasteiger partial charge in [-0.25, -0.2) is 9.78 Å². The van der Waals surface area contributed by atoms with Crippen molar-refractivity contribution in [2.75, 3.05) is 27.4 Å². The normalized spacial score (nSPS) is 10.2. The number of hydrogen-bond donors (Lipinski definition) is 1. The van der Waals surface area contributed by atoms with Crippen molar-refractivity contribution in [3.63, 3.8) is 0 Å². The molecule has 0 aliphatic heterocycles. The third-order valence-corrected chi connectivity index (χ3v) is 3.69. The number of esters is 1. The molecule has 0 bridgehead atoms. The lowest BCUT2D eigenvalue weighted by Gasteiger charge is -2.12. The van der Waals surface area contributed by atoms with E-state index >= 15 is 0 Å². The Morgan fingerprint density at radius 2 is 2.04 bits per heavy atom. The fraction of sp³-hybridized carbons (Fsp3) is 0.389. The second kappa shape index (κ2) is 10.1. The summed E-state index contributed by atoms with van der Waals surface area (Å²) in [5, 5.41) is 2.87. The number of imidazole rings is 1. The van der Waals surface area contributed by atoms with E-state index in [2.05, 4.69) is 15.0 Å². The van der Waals surface area contributed by atoms with Gasteiger partial charge in [0.15, 0.2) is 18.1 Å². The predicted octanol–water partition coefficient (Wildman–Crippen LogP) is 1.65. The van der Waals surface area contributed by atoms with Crippen molar-refractivity contribution in [3.8, 4) is 11.5 Å².